The Balaban J connectivity index is 1.46. The van der Waals surface area contributed by atoms with Crippen LogP contribution in [0, 0.1) is 11.3 Å². The number of nitrogens with zero attached hydrogens (tertiary/aromatic N) is 4. The van der Waals surface area contributed by atoms with Crippen molar-refractivity contribution in [3.8, 4) is 17.2 Å². The Morgan fingerprint density at radius 2 is 1.90 bits per heavy atom. The Hall–Kier alpha value is -3.57. The van der Waals surface area contributed by atoms with Crippen molar-refractivity contribution in [3.63, 3.8) is 0 Å². The van der Waals surface area contributed by atoms with E-state index in [2.05, 4.69) is 44.8 Å². The number of carbonyl (C=O) groups is 1. The van der Waals surface area contributed by atoms with Gasteiger partial charge in [-0.3, -0.25) is 4.79 Å². The van der Waals surface area contributed by atoms with Crippen molar-refractivity contribution >= 4 is 27.5 Å². The van der Waals surface area contributed by atoms with Crippen molar-refractivity contribution in [1.29, 1.82) is 5.26 Å². The van der Waals surface area contributed by atoms with Crippen molar-refractivity contribution < 1.29 is 9.21 Å². The number of fused-ring (bicyclic) bond motifs is 1. The van der Waals surface area contributed by atoms with Gasteiger partial charge in [-0.2, -0.15) is 5.26 Å². The highest BCUT2D eigenvalue weighted by atomic mass is 32.1. The van der Waals surface area contributed by atoms with Gasteiger partial charge < -0.3 is 9.73 Å². The molecule has 0 saturated heterocycles. The average Bonchev–Trinajstić information content (AvgIpc) is 3.33. The molecule has 0 saturated carbocycles. The SMILES string of the molecule is CC(C)(C#N)NC(=O)Cc1nnc(Cc2nc3ccc(-c4ccccc4)cc3s2)o1. The van der Waals surface area contributed by atoms with Crippen molar-refractivity contribution in [3.05, 3.63) is 65.3 Å². The summed E-state index contributed by atoms with van der Waals surface area (Å²) in [6, 6.07) is 18.4. The number of hydrogen-bond acceptors (Lipinski definition) is 7. The maximum Gasteiger partial charge on any atom is 0.230 e. The molecule has 4 rings (SSSR count). The lowest BCUT2D eigenvalue weighted by Crippen LogP contribution is -2.42. The minimum atomic E-state index is -0.945. The van der Waals surface area contributed by atoms with E-state index in [1.807, 2.05) is 30.3 Å². The van der Waals surface area contributed by atoms with Gasteiger partial charge in [0.2, 0.25) is 17.7 Å². The molecule has 7 nitrogen and oxygen atoms in total. The minimum absolute atomic E-state index is 0.0710. The van der Waals surface area contributed by atoms with Crippen LogP contribution in [0.1, 0.15) is 30.6 Å². The fourth-order valence-corrected chi connectivity index (χ4v) is 3.97. The zero-order chi connectivity index (χ0) is 21.1. The largest absolute Gasteiger partial charge is 0.424 e. The van der Waals surface area contributed by atoms with Crippen LogP contribution >= 0.6 is 11.3 Å². The molecule has 0 aliphatic rings. The molecule has 150 valence electrons. The summed E-state index contributed by atoms with van der Waals surface area (Å²) in [6.45, 7) is 3.25. The van der Waals surface area contributed by atoms with E-state index in [-0.39, 0.29) is 18.2 Å². The van der Waals surface area contributed by atoms with Gasteiger partial charge in [0.1, 0.15) is 17.0 Å². The Morgan fingerprint density at radius 3 is 2.67 bits per heavy atom. The number of hydrogen-bond donors (Lipinski definition) is 1. The quantitative estimate of drug-likeness (QED) is 0.510. The fraction of sp³-hybridized carbons (Fsp3) is 0.227. The molecule has 0 aliphatic heterocycles. The van der Waals surface area contributed by atoms with Crippen molar-refractivity contribution in [2.45, 2.75) is 32.2 Å². The number of thiazole rings is 1. The van der Waals surface area contributed by atoms with Crippen LogP contribution < -0.4 is 5.32 Å². The molecule has 0 bridgehead atoms. The molecule has 2 heterocycles. The zero-order valence-electron chi connectivity index (χ0n) is 16.5. The standard InChI is InChI=1S/C22H19N5O2S/c1-22(2,13-23)25-18(28)11-19-26-27-20(29-19)12-21-24-16-9-8-15(10-17(16)30-21)14-6-4-3-5-7-14/h3-10H,11-12H2,1-2H3,(H,25,28). The average molecular weight is 417 g/mol. The van der Waals surface area contributed by atoms with Gasteiger partial charge >= 0.3 is 0 Å². The van der Waals surface area contributed by atoms with Gasteiger partial charge in [0.05, 0.1) is 22.7 Å². The number of carbonyl (C=O) groups excluding carboxylic acids is 1. The van der Waals surface area contributed by atoms with Crippen LogP contribution in [0.4, 0.5) is 0 Å². The van der Waals surface area contributed by atoms with Crippen LogP contribution in [0.3, 0.4) is 0 Å². The van der Waals surface area contributed by atoms with Gasteiger partial charge in [0.25, 0.3) is 0 Å². The predicted octanol–water partition coefficient (Wildman–Crippen LogP) is 3.90. The lowest BCUT2D eigenvalue weighted by Gasteiger charge is -2.16. The molecule has 0 aliphatic carbocycles. The van der Waals surface area contributed by atoms with Crippen LogP contribution in [0.25, 0.3) is 21.3 Å². The van der Waals surface area contributed by atoms with E-state index in [0.717, 1.165) is 26.4 Å². The summed E-state index contributed by atoms with van der Waals surface area (Å²) in [4.78, 5) is 16.7. The Labute approximate surface area is 177 Å². The molecular formula is C22H19N5O2S. The maximum absolute atomic E-state index is 12.0. The third-order valence-electron chi connectivity index (χ3n) is 4.39. The first kappa shape index (κ1) is 19.7. The summed E-state index contributed by atoms with van der Waals surface area (Å²) in [5.74, 6) is 0.272. The van der Waals surface area contributed by atoms with Gasteiger partial charge in [-0.1, -0.05) is 36.4 Å². The second-order valence-electron chi connectivity index (χ2n) is 7.38. The molecule has 2 aromatic carbocycles. The topological polar surface area (TPSA) is 105 Å². The highest BCUT2D eigenvalue weighted by Crippen LogP contribution is 2.29. The van der Waals surface area contributed by atoms with Crippen molar-refractivity contribution in [2.75, 3.05) is 0 Å². The highest BCUT2D eigenvalue weighted by Gasteiger charge is 2.21. The third kappa shape index (κ3) is 4.53. The molecule has 0 spiro atoms. The Bertz CT molecular complexity index is 1240. The molecule has 4 aromatic rings. The summed E-state index contributed by atoms with van der Waals surface area (Å²) in [5.41, 5.74) is 2.28. The van der Waals surface area contributed by atoms with E-state index in [1.165, 1.54) is 0 Å². The summed E-state index contributed by atoms with van der Waals surface area (Å²) in [6.07, 6.45) is 0.330. The summed E-state index contributed by atoms with van der Waals surface area (Å²) < 4.78 is 6.68. The van der Waals surface area contributed by atoms with E-state index in [4.69, 9.17) is 9.68 Å². The summed E-state index contributed by atoms with van der Waals surface area (Å²) in [7, 11) is 0. The number of aromatic nitrogens is 3. The smallest absolute Gasteiger partial charge is 0.230 e. The maximum atomic E-state index is 12.0. The van der Waals surface area contributed by atoms with Crippen LogP contribution in [0.5, 0.6) is 0 Å². The van der Waals surface area contributed by atoms with Crippen LogP contribution in [-0.4, -0.2) is 26.6 Å². The van der Waals surface area contributed by atoms with E-state index in [9.17, 15) is 4.79 Å². The molecule has 1 N–H and O–H groups in total. The molecule has 2 aromatic heterocycles. The number of rotatable bonds is 6. The fourth-order valence-electron chi connectivity index (χ4n) is 2.98. The molecule has 0 atom stereocenters. The molecule has 1 amide bonds. The molecule has 0 fully saturated rings. The van der Waals surface area contributed by atoms with Crippen LogP contribution in [0.2, 0.25) is 0 Å². The molecule has 30 heavy (non-hydrogen) atoms. The second kappa shape index (κ2) is 8.05. The van der Waals surface area contributed by atoms with Gasteiger partial charge in [-0.25, -0.2) is 4.98 Å². The molecular weight excluding hydrogens is 398 g/mol. The van der Waals surface area contributed by atoms with E-state index >= 15 is 0 Å². The van der Waals surface area contributed by atoms with E-state index in [0.29, 0.717) is 12.3 Å². The van der Waals surface area contributed by atoms with E-state index in [1.54, 1.807) is 25.2 Å². The summed E-state index contributed by atoms with van der Waals surface area (Å²) in [5, 5.41) is 20.4. The van der Waals surface area contributed by atoms with Gasteiger partial charge in [-0.15, -0.1) is 21.5 Å². The van der Waals surface area contributed by atoms with Crippen molar-refractivity contribution in [2.24, 2.45) is 0 Å². The monoisotopic (exact) mass is 417 g/mol. The number of nitriles is 1. The Kier molecular flexibility index (Phi) is 5.29. The minimum Gasteiger partial charge on any atom is -0.424 e. The molecule has 8 heteroatoms. The normalized spacial score (nSPS) is 11.4. The number of nitrogens with one attached hydrogen (secondary N) is 1. The van der Waals surface area contributed by atoms with Gasteiger partial charge in [-0.05, 0) is 37.1 Å². The third-order valence-corrected chi connectivity index (χ3v) is 5.41. The van der Waals surface area contributed by atoms with Crippen molar-refractivity contribution in [1.82, 2.24) is 20.5 Å². The predicted molar refractivity (Wildman–Crippen MR) is 114 cm³/mol. The van der Waals surface area contributed by atoms with Crippen LogP contribution in [-0.2, 0) is 17.6 Å². The Morgan fingerprint density at radius 1 is 1.13 bits per heavy atom. The lowest BCUT2D eigenvalue weighted by molar-refractivity contribution is -0.121. The zero-order valence-corrected chi connectivity index (χ0v) is 17.4. The van der Waals surface area contributed by atoms with Gasteiger partial charge in [0.15, 0.2) is 0 Å². The molecule has 0 unspecified atom stereocenters. The highest BCUT2D eigenvalue weighted by molar-refractivity contribution is 7.18. The first-order valence-corrected chi connectivity index (χ1v) is 10.2. The number of benzene rings is 2. The first-order valence-electron chi connectivity index (χ1n) is 9.40. The second-order valence-corrected chi connectivity index (χ2v) is 8.50. The van der Waals surface area contributed by atoms with Gasteiger partial charge in [0, 0.05) is 0 Å². The lowest BCUT2D eigenvalue weighted by atomic mass is 10.1. The van der Waals surface area contributed by atoms with E-state index < -0.39 is 5.54 Å². The molecule has 0 radical (unpaired) electrons. The first-order chi connectivity index (χ1) is 14.4. The number of amides is 1. The van der Waals surface area contributed by atoms with Crippen LogP contribution in [0.15, 0.2) is 52.9 Å². The summed E-state index contributed by atoms with van der Waals surface area (Å²) >= 11 is 1.58.